The summed E-state index contributed by atoms with van der Waals surface area (Å²) in [6.45, 7) is 0.314. The van der Waals surface area contributed by atoms with Gasteiger partial charge in [-0.05, 0) is 31.2 Å². The molecule has 0 amide bonds. The van der Waals surface area contributed by atoms with Crippen LogP contribution in [0.15, 0.2) is 12.3 Å². The molecule has 0 unspecified atom stereocenters. The van der Waals surface area contributed by atoms with E-state index in [1.165, 1.54) is 4.31 Å². The summed E-state index contributed by atoms with van der Waals surface area (Å²) in [6.07, 6.45) is 2.62. The number of rotatable bonds is 5. The first-order chi connectivity index (χ1) is 12.0. The smallest absolute Gasteiger partial charge is 0.214 e. The van der Waals surface area contributed by atoms with E-state index in [1.807, 2.05) is 19.3 Å². The molecule has 1 aliphatic heterocycles. The predicted octanol–water partition coefficient (Wildman–Crippen LogP) is 1.87. The second-order valence-corrected chi connectivity index (χ2v) is 8.99. The van der Waals surface area contributed by atoms with Crippen molar-refractivity contribution in [3.63, 3.8) is 0 Å². The molecule has 3 heterocycles. The lowest BCUT2D eigenvalue weighted by Crippen LogP contribution is -2.37. The molecule has 0 aromatic carbocycles. The van der Waals surface area contributed by atoms with E-state index in [1.54, 1.807) is 0 Å². The number of halogens is 1. The number of hydrogen-bond acceptors (Lipinski definition) is 5. The summed E-state index contributed by atoms with van der Waals surface area (Å²) >= 11 is 0. The monoisotopic (exact) mass is 367 g/mol. The molecule has 2 fully saturated rings. The van der Waals surface area contributed by atoms with Gasteiger partial charge in [0, 0.05) is 32.3 Å². The third kappa shape index (κ3) is 3.10. The highest BCUT2D eigenvalue weighted by Crippen LogP contribution is 2.42. The van der Waals surface area contributed by atoms with Crippen LogP contribution in [0.25, 0.3) is 11.0 Å². The molecule has 0 bridgehead atoms. The average molecular weight is 367 g/mol. The molecular formula is C16H22FN5O2S. The normalized spacial score (nSPS) is 27.5. The van der Waals surface area contributed by atoms with Crippen LogP contribution in [-0.2, 0) is 10.0 Å². The van der Waals surface area contributed by atoms with Crippen molar-refractivity contribution in [1.82, 2.24) is 19.3 Å². The number of nitrogens with zero attached hydrogens (tertiary/aromatic N) is 3. The zero-order valence-corrected chi connectivity index (χ0v) is 14.9. The van der Waals surface area contributed by atoms with Gasteiger partial charge >= 0.3 is 0 Å². The van der Waals surface area contributed by atoms with Crippen LogP contribution in [0.1, 0.15) is 31.0 Å². The van der Waals surface area contributed by atoms with Crippen LogP contribution >= 0.6 is 0 Å². The van der Waals surface area contributed by atoms with Gasteiger partial charge in [0.1, 0.15) is 23.5 Å². The highest BCUT2D eigenvalue weighted by Gasteiger charge is 2.39. The van der Waals surface area contributed by atoms with Crippen molar-refractivity contribution >= 4 is 26.9 Å². The Morgan fingerprint density at radius 3 is 2.88 bits per heavy atom. The minimum atomic E-state index is -3.36. The number of nitrogens with one attached hydrogen (secondary N) is 2. The first-order valence-corrected chi connectivity index (χ1v) is 10.2. The Bertz CT molecular complexity index is 878. The van der Waals surface area contributed by atoms with Gasteiger partial charge in [-0.2, -0.15) is 4.31 Å². The van der Waals surface area contributed by atoms with Crippen LogP contribution in [0.3, 0.4) is 0 Å². The standard InChI is InChI=1S/C16H22FN5O2S/c1-18-15-13-2-4-19-16(13)21-14(20-15)11-6-10(7-11)9-25(23,24)22-5-3-12(17)8-22/h2,4,10-12H,3,5-9H2,1H3,(H2,18,19,20,21)/t10?,11?,12-/m0/s1. The van der Waals surface area contributed by atoms with Crippen molar-refractivity contribution in [2.24, 2.45) is 5.92 Å². The summed E-state index contributed by atoms with van der Waals surface area (Å²) < 4.78 is 39.3. The first kappa shape index (κ1) is 16.7. The molecule has 0 spiro atoms. The largest absolute Gasteiger partial charge is 0.372 e. The number of alkyl halides is 1. The third-order valence-electron chi connectivity index (χ3n) is 5.20. The fourth-order valence-electron chi connectivity index (χ4n) is 3.76. The van der Waals surface area contributed by atoms with Crippen molar-refractivity contribution in [2.45, 2.75) is 31.4 Å². The second-order valence-electron chi connectivity index (χ2n) is 6.98. The highest BCUT2D eigenvalue weighted by molar-refractivity contribution is 7.89. The number of hydrogen-bond donors (Lipinski definition) is 2. The molecule has 4 rings (SSSR count). The molecule has 7 nitrogen and oxygen atoms in total. The molecule has 25 heavy (non-hydrogen) atoms. The summed E-state index contributed by atoms with van der Waals surface area (Å²) in [5, 5.41) is 4.03. The summed E-state index contributed by atoms with van der Waals surface area (Å²) in [4.78, 5) is 12.2. The molecule has 2 aliphatic rings. The Morgan fingerprint density at radius 2 is 2.20 bits per heavy atom. The van der Waals surface area contributed by atoms with Crippen molar-refractivity contribution in [3.05, 3.63) is 18.1 Å². The van der Waals surface area contributed by atoms with E-state index in [9.17, 15) is 12.8 Å². The second kappa shape index (κ2) is 6.21. The van der Waals surface area contributed by atoms with Gasteiger partial charge in [0.25, 0.3) is 0 Å². The number of H-pyrrole nitrogens is 1. The van der Waals surface area contributed by atoms with Crippen molar-refractivity contribution in [1.29, 1.82) is 0 Å². The van der Waals surface area contributed by atoms with Crippen LogP contribution in [0, 0.1) is 5.92 Å². The van der Waals surface area contributed by atoms with Gasteiger partial charge in [0.05, 0.1) is 11.1 Å². The molecule has 1 saturated heterocycles. The number of aromatic amines is 1. The van der Waals surface area contributed by atoms with Crippen molar-refractivity contribution < 1.29 is 12.8 Å². The minimum Gasteiger partial charge on any atom is -0.372 e. The van der Waals surface area contributed by atoms with Gasteiger partial charge < -0.3 is 10.3 Å². The van der Waals surface area contributed by atoms with E-state index in [0.29, 0.717) is 13.0 Å². The maximum atomic E-state index is 13.3. The Labute approximate surface area is 146 Å². The fraction of sp³-hybridized carbons (Fsp3) is 0.625. The molecule has 9 heteroatoms. The van der Waals surface area contributed by atoms with Gasteiger partial charge in [0.15, 0.2) is 0 Å². The molecular weight excluding hydrogens is 345 g/mol. The number of fused-ring (bicyclic) bond motifs is 1. The van der Waals surface area contributed by atoms with E-state index in [-0.39, 0.29) is 24.1 Å². The van der Waals surface area contributed by atoms with Gasteiger partial charge in [-0.3, -0.25) is 0 Å². The van der Waals surface area contributed by atoms with Gasteiger partial charge in [-0.15, -0.1) is 0 Å². The number of anilines is 1. The molecule has 136 valence electrons. The van der Waals surface area contributed by atoms with Crippen molar-refractivity contribution in [2.75, 3.05) is 31.2 Å². The summed E-state index contributed by atoms with van der Waals surface area (Å²) in [5.41, 5.74) is 0.788. The molecule has 2 aromatic heterocycles. The maximum absolute atomic E-state index is 13.3. The molecule has 1 saturated carbocycles. The van der Waals surface area contributed by atoms with E-state index in [4.69, 9.17) is 0 Å². The minimum absolute atomic E-state index is 0.0105. The highest BCUT2D eigenvalue weighted by atomic mass is 32.2. The SMILES string of the molecule is CNc1nc(C2CC(CS(=O)(=O)N3CC[C@H](F)C3)C2)nc2[nH]ccc12. The Morgan fingerprint density at radius 1 is 1.40 bits per heavy atom. The zero-order valence-electron chi connectivity index (χ0n) is 14.1. The zero-order chi connectivity index (χ0) is 17.6. The number of aromatic nitrogens is 3. The van der Waals surface area contributed by atoms with Crippen LogP contribution in [-0.4, -0.2) is 59.7 Å². The Kier molecular flexibility index (Phi) is 4.15. The number of sulfonamides is 1. The maximum Gasteiger partial charge on any atom is 0.214 e. The molecule has 1 atom stereocenters. The van der Waals surface area contributed by atoms with Gasteiger partial charge in [-0.1, -0.05) is 0 Å². The lowest BCUT2D eigenvalue weighted by atomic mass is 9.75. The van der Waals surface area contributed by atoms with Gasteiger partial charge in [-0.25, -0.2) is 22.8 Å². The fourth-order valence-corrected chi connectivity index (χ4v) is 5.61. The quantitative estimate of drug-likeness (QED) is 0.842. The average Bonchev–Trinajstić information content (AvgIpc) is 3.18. The third-order valence-corrected chi connectivity index (χ3v) is 7.21. The Hall–Kier alpha value is -1.74. The molecule has 0 radical (unpaired) electrons. The summed E-state index contributed by atoms with van der Waals surface area (Å²) in [7, 11) is -1.54. The first-order valence-electron chi connectivity index (χ1n) is 8.61. The van der Waals surface area contributed by atoms with E-state index in [2.05, 4.69) is 20.3 Å². The Balaban J connectivity index is 1.42. The van der Waals surface area contributed by atoms with Crippen LogP contribution < -0.4 is 5.32 Å². The van der Waals surface area contributed by atoms with Crippen molar-refractivity contribution in [3.8, 4) is 0 Å². The van der Waals surface area contributed by atoms with E-state index in [0.717, 1.165) is 35.5 Å². The summed E-state index contributed by atoms with van der Waals surface area (Å²) in [6, 6.07) is 1.93. The summed E-state index contributed by atoms with van der Waals surface area (Å²) in [5.74, 6) is 1.89. The topological polar surface area (TPSA) is 91.0 Å². The molecule has 2 N–H and O–H groups in total. The van der Waals surface area contributed by atoms with Gasteiger partial charge in [0.2, 0.25) is 10.0 Å². The van der Waals surface area contributed by atoms with E-state index >= 15 is 0 Å². The van der Waals surface area contributed by atoms with Crippen LogP contribution in [0.4, 0.5) is 10.2 Å². The predicted molar refractivity (Wildman–Crippen MR) is 93.8 cm³/mol. The molecule has 1 aliphatic carbocycles. The lowest BCUT2D eigenvalue weighted by Gasteiger charge is -2.35. The lowest BCUT2D eigenvalue weighted by molar-refractivity contribution is 0.276. The van der Waals surface area contributed by atoms with Crippen LogP contribution in [0.5, 0.6) is 0 Å². The van der Waals surface area contributed by atoms with E-state index < -0.39 is 16.2 Å². The van der Waals surface area contributed by atoms with Crippen LogP contribution in [0.2, 0.25) is 0 Å². The molecule has 2 aromatic rings.